The highest BCUT2D eigenvalue weighted by Gasteiger charge is 2.18. The second-order valence-electron chi connectivity index (χ2n) is 5.34. The lowest BCUT2D eigenvalue weighted by atomic mass is 10.1. The molecule has 2 rings (SSSR count). The summed E-state index contributed by atoms with van der Waals surface area (Å²) in [6.45, 7) is 3.55. The number of amides is 1. The van der Waals surface area contributed by atoms with Crippen molar-refractivity contribution in [2.45, 2.75) is 26.5 Å². The van der Waals surface area contributed by atoms with Crippen molar-refractivity contribution in [1.82, 2.24) is 0 Å². The van der Waals surface area contributed by atoms with E-state index in [4.69, 9.17) is 10.5 Å². The van der Waals surface area contributed by atoms with Crippen LogP contribution in [-0.2, 0) is 16.1 Å². The Bertz CT molecular complexity index is 697. The van der Waals surface area contributed by atoms with E-state index in [0.717, 1.165) is 11.1 Å². The van der Waals surface area contributed by atoms with E-state index in [9.17, 15) is 9.59 Å². The molecule has 0 aliphatic rings. The summed E-state index contributed by atoms with van der Waals surface area (Å²) in [7, 11) is 0. The lowest BCUT2D eigenvalue weighted by molar-refractivity contribution is -0.117. The Balaban J connectivity index is 2.17. The molecule has 0 fully saturated rings. The van der Waals surface area contributed by atoms with Crippen molar-refractivity contribution in [2.75, 3.05) is 5.32 Å². The zero-order valence-electron chi connectivity index (χ0n) is 13.2. The van der Waals surface area contributed by atoms with Crippen LogP contribution in [0.15, 0.2) is 48.5 Å². The molecule has 1 amide bonds. The van der Waals surface area contributed by atoms with Gasteiger partial charge in [0.05, 0.1) is 17.3 Å². The fraction of sp³-hybridized carbons (Fsp3) is 0.222. The number of anilines is 1. The highest BCUT2D eigenvalue weighted by molar-refractivity contribution is 6.03. The van der Waals surface area contributed by atoms with Crippen LogP contribution in [0.25, 0.3) is 0 Å². The molecule has 0 spiro atoms. The molecule has 5 nitrogen and oxygen atoms in total. The predicted molar refractivity (Wildman–Crippen MR) is 89.0 cm³/mol. The van der Waals surface area contributed by atoms with Gasteiger partial charge in [-0.2, -0.15) is 0 Å². The first kappa shape index (κ1) is 16.7. The predicted octanol–water partition coefficient (Wildman–Crippen LogP) is 2.64. The number of hydrogen-bond acceptors (Lipinski definition) is 4. The maximum atomic E-state index is 12.4. The highest BCUT2D eigenvalue weighted by Crippen LogP contribution is 2.21. The van der Waals surface area contributed by atoms with Gasteiger partial charge in [-0.1, -0.05) is 42.5 Å². The third-order valence-corrected chi connectivity index (χ3v) is 3.36. The van der Waals surface area contributed by atoms with Crippen LogP contribution in [0.5, 0.6) is 0 Å². The third kappa shape index (κ3) is 4.40. The molecule has 0 aliphatic heterocycles. The van der Waals surface area contributed by atoms with Crippen LogP contribution < -0.4 is 11.1 Å². The van der Waals surface area contributed by atoms with Gasteiger partial charge in [0.15, 0.2) is 0 Å². The average molecular weight is 312 g/mol. The molecule has 0 heterocycles. The van der Waals surface area contributed by atoms with Crippen LogP contribution in [0.4, 0.5) is 5.69 Å². The summed E-state index contributed by atoms with van der Waals surface area (Å²) in [6.07, 6.45) is 0. The molecule has 2 aromatic carbocycles. The number of aryl methyl sites for hydroxylation is 1. The summed E-state index contributed by atoms with van der Waals surface area (Å²) in [4.78, 5) is 24.2. The molecule has 0 saturated carbocycles. The van der Waals surface area contributed by atoms with Crippen molar-refractivity contribution < 1.29 is 14.3 Å². The number of benzene rings is 2. The first-order valence-corrected chi connectivity index (χ1v) is 7.36. The Morgan fingerprint density at radius 3 is 2.48 bits per heavy atom. The van der Waals surface area contributed by atoms with E-state index in [1.807, 2.05) is 30.3 Å². The van der Waals surface area contributed by atoms with Gasteiger partial charge in [-0.3, -0.25) is 4.79 Å². The molecule has 0 saturated heterocycles. The average Bonchev–Trinajstić information content (AvgIpc) is 2.53. The van der Waals surface area contributed by atoms with Gasteiger partial charge in [-0.15, -0.1) is 0 Å². The van der Waals surface area contributed by atoms with Crippen LogP contribution in [0, 0.1) is 6.92 Å². The molecule has 1 unspecified atom stereocenters. The van der Waals surface area contributed by atoms with Crippen LogP contribution in [0.1, 0.15) is 28.4 Å². The monoisotopic (exact) mass is 312 g/mol. The van der Waals surface area contributed by atoms with Gasteiger partial charge in [0.2, 0.25) is 5.91 Å². The van der Waals surface area contributed by atoms with Crippen molar-refractivity contribution in [1.29, 1.82) is 0 Å². The molecule has 0 aliphatic carbocycles. The van der Waals surface area contributed by atoms with Gasteiger partial charge >= 0.3 is 5.97 Å². The Morgan fingerprint density at radius 1 is 1.13 bits per heavy atom. The molecule has 120 valence electrons. The van der Waals surface area contributed by atoms with Crippen LogP contribution >= 0.6 is 0 Å². The van der Waals surface area contributed by atoms with E-state index in [0.29, 0.717) is 11.3 Å². The molecule has 0 bridgehead atoms. The molecule has 5 heteroatoms. The van der Waals surface area contributed by atoms with E-state index in [-0.39, 0.29) is 12.5 Å². The standard InChI is InChI=1S/C18H20N2O3/c1-12-7-6-10-15(20-17(21)13(2)19)16(12)18(22)23-11-14-8-4-3-5-9-14/h3-10,13H,11,19H2,1-2H3,(H,20,21). The third-order valence-electron chi connectivity index (χ3n) is 3.36. The highest BCUT2D eigenvalue weighted by atomic mass is 16.5. The SMILES string of the molecule is Cc1cccc(NC(=O)C(C)N)c1C(=O)OCc1ccccc1. The second kappa shape index (κ2) is 7.56. The van der Waals surface area contributed by atoms with Gasteiger partial charge < -0.3 is 15.8 Å². The number of ether oxygens (including phenoxy) is 1. The Labute approximate surface area is 135 Å². The van der Waals surface area contributed by atoms with Gasteiger partial charge in [-0.05, 0) is 31.0 Å². The number of rotatable bonds is 5. The fourth-order valence-corrected chi connectivity index (χ4v) is 2.08. The van der Waals surface area contributed by atoms with E-state index >= 15 is 0 Å². The number of carbonyl (C=O) groups excluding carboxylic acids is 2. The molecular weight excluding hydrogens is 292 g/mol. The normalized spacial score (nSPS) is 11.6. The Hall–Kier alpha value is -2.66. The van der Waals surface area contributed by atoms with Gasteiger partial charge in [-0.25, -0.2) is 4.79 Å². The molecule has 2 aromatic rings. The van der Waals surface area contributed by atoms with Crippen LogP contribution in [-0.4, -0.2) is 17.9 Å². The van der Waals surface area contributed by atoms with E-state index in [2.05, 4.69) is 5.32 Å². The molecule has 0 aromatic heterocycles. The lowest BCUT2D eigenvalue weighted by Gasteiger charge is -2.14. The number of esters is 1. The molecule has 23 heavy (non-hydrogen) atoms. The lowest BCUT2D eigenvalue weighted by Crippen LogP contribution is -2.33. The van der Waals surface area contributed by atoms with E-state index in [1.54, 1.807) is 32.0 Å². The molecule has 3 N–H and O–H groups in total. The van der Waals surface area contributed by atoms with Crippen molar-refractivity contribution in [2.24, 2.45) is 5.73 Å². The molecular formula is C18H20N2O3. The Morgan fingerprint density at radius 2 is 1.83 bits per heavy atom. The first-order chi connectivity index (χ1) is 11.0. The largest absolute Gasteiger partial charge is 0.457 e. The minimum Gasteiger partial charge on any atom is -0.457 e. The van der Waals surface area contributed by atoms with E-state index in [1.165, 1.54) is 0 Å². The van der Waals surface area contributed by atoms with Gasteiger partial charge in [0.25, 0.3) is 0 Å². The minimum atomic E-state index is -0.663. The number of nitrogens with one attached hydrogen (secondary N) is 1. The van der Waals surface area contributed by atoms with Crippen molar-refractivity contribution in [3.63, 3.8) is 0 Å². The van der Waals surface area contributed by atoms with Crippen LogP contribution in [0.3, 0.4) is 0 Å². The van der Waals surface area contributed by atoms with Gasteiger partial charge in [0.1, 0.15) is 6.61 Å². The Kier molecular flexibility index (Phi) is 5.49. The maximum absolute atomic E-state index is 12.4. The first-order valence-electron chi connectivity index (χ1n) is 7.36. The summed E-state index contributed by atoms with van der Waals surface area (Å²) in [5, 5.41) is 2.67. The summed E-state index contributed by atoms with van der Waals surface area (Å²) >= 11 is 0. The minimum absolute atomic E-state index is 0.175. The maximum Gasteiger partial charge on any atom is 0.340 e. The summed E-state index contributed by atoms with van der Waals surface area (Å²) in [5.74, 6) is -0.834. The molecule has 1 atom stereocenters. The second-order valence-corrected chi connectivity index (χ2v) is 5.34. The number of nitrogens with two attached hydrogens (primary N) is 1. The van der Waals surface area contributed by atoms with Crippen LogP contribution in [0.2, 0.25) is 0 Å². The topological polar surface area (TPSA) is 81.4 Å². The van der Waals surface area contributed by atoms with Gasteiger partial charge in [0, 0.05) is 0 Å². The number of carbonyl (C=O) groups is 2. The van der Waals surface area contributed by atoms with Crippen molar-refractivity contribution in [3.8, 4) is 0 Å². The summed E-state index contributed by atoms with van der Waals surface area (Å²) in [6, 6.07) is 14.0. The number of hydrogen-bond donors (Lipinski definition) is 2. The summed E-state index contributed by atoms with van der Waals surface area (Å²) < 4.78 is 5.36. The quantitative estimate of drug-likeness (QED) is 0.832. The van der Waals surface area contributed by atoms with Crippen molar-refractivity contribution in [3.05, 3.63) is 65.2 Å². The zero-order chi connectivity index (χ0) is 16.8. The zero-order valence-corrected chi connectivity index (χ0v) is 13.2. The van der Waals surface area contributed by atoms with Crippen molar-refractivity contribution >= 4 is 17.6 Å². The summed E-state index contributed by atoms with van der Waals surface area (Å²) in [5.41, 5.74) is 7.93. The molecule has 0 radical (unpaired) electrons. The smallest absolute Gasteiger partial charge is 0.340 e. The van der Waals surface area contributed by atoms with E-state index < -0.39 is 12.0 Å². The fourth-order valence-electron chi connectivity index (χ4n) is 2.08.